The molecular formula is C6H13NO4S. The van der Waals surface area contributed by atoms with E-state index in [9.17, 15) is 9.59 Å². The van der Waals surface area contributed by atoms with Gasteiger partial charge in [0.1, 0.15) is 6.04 Å². The molecule has 0 saturated heterocycles. The highest BCUT2D eigenvalue weighted by molar-refractivity contribution is 7.59. The van der Waals surface area contributed by atoms with E-state index in [1.54, 1.807) is 0 Å². The lowest BCUT2D eigenvalue weighted by Crippen LogP contribution is -2.40. The second kappa shape index (κ2) is 6.93. The third-order valence-electron chi connectivity index (χ3n) is 1.09. The van der Waals surface area contributed by atoms with Crippen LogP contribution >= 0.6 is 13.5 Å². The van der Waals surface area contributed by atoms with Gasteiger partial charge in [0.05, 0.1) is 0 Å². The van der Waals surface area contributed by atoms with Crippen molar-refractivity contribution in [3.8, 4) is 0 Å². The topological polar surface area (TPSA) is 86.6 Å². The SMILES string of the molecule is CC(=O)NC(CCO)C(=O)O.S. The van der Waals surface area contributed by atoms with Gasteiger partial charge in [-0.05, 0) is 0 Å². The average molecular weight is 195 g/mol. The van der Waals surface area contributed by atoms with Crippen molar-refractivity contribution in [3.05, 3.63) is 0 Å². The minimum atomic E-state index is -1.13. The van der Waals surface area contributed by atoms with Gasteiger partial charge in [0.15, 0.2) is 0 Å². The minimum absolute atomic E-state index is 0. The first kappa shape index (κ1) is 13.8. The van der Waals surface area contributed by atoms with Gasteiger partial charge in [-0.2, -0.15) is 13.5 Å². The molecule has 0 aliphatic heterocycles. The average Bonchev–Trinajstić information content (AvgIpc) is 1.86. The van der Waals surface area contributed by atoms with E-state index < -0.39 is 17.9 Å². The highest BCUT2D eigenvalue weighted by Gasteiger charge is 2.16. The molecule has 0 radical (unpaired) electrons. The van der Waals surface area contributed by atoms with Crippen molar-refractivity contribution in [2.24, 2.45) is 0 Å². The molecule has 0 aromatic carbocycles. The number of nitrogens with one attached hydrogen (secondary N) is 1. The van der Waals surface area contributed by atoms with Crippen molar-refractivity contribution in [2.75, 3.05) is 6.61 Å². The van der Waals surface area contributed by atoms with Gasteiger partial charge < -0.3 is 15.5 Å². The molecule has 1 unspecified atom stereocenters. The van der Waals surface area contributed by atoms with E-state index in [0.29, 0.717) is 0 Å². The molecule has 0 aliphatic rings. The fourth-order valence-electron chi connectivity index (χ4n) is 0.632. The third-order valence-corrected chi connectivity index (χ3v) is 1.09. The highest BCUT2D eigenvalue weighted by atomic mass is 32.1. The number of aliphatic hydroxyl groups is 1. The Labute approximate surface area is 77.2 Å². The van der Waals surface area contributed by atoms with Crippen molar-refractivity contribution >= 4 is 25.4 Å². The van der Waals surface area contributed by atoms with Gasteiger partial charge >= 0.3 is 5.97 Å². The third kappa shape index (κ3) is 5.99. The van der Waals surface area contributed by atoms with E-state index in [1.165, 1.54) is 6.92 Å². The number of carbonyl (C=O) groups is 2. The van der Waals surface area contributed by atoms with Crippen molar-refractivity contribution in [2.45, 2.75) is 19.4 Å². The molecule has 0 bridgehead atoms. The Morgan fingerprint density at radius 2 is 2.00 bits per heavy atom. The molecule has 1 atom stereocenters. The summed E-state index contributed by atoms with van der Waals surface area (Å²) in [7, 11) is 0. The number of aliphatic hydroxyl groups excluding tert-OH is 1. The van der Waals surface area contributed by atoms with Crippen LogP contribution in [-0.2, 0) is 9.59 Å². The molecule has 0 aromatic rings. The number of carboxylic acids is 1. The first-order valence-electron chi connectivity index (χ1n) is 3.18. The van der Waals surface area contributed by atoms with Crippen LogP contribution in [0.25, 0.3) is 0 Å². The van der Waals surface area contributed by atoms with Crippen molar-refractivity contribution in [3.63, 3.8) is 0 Å². The van der Waals surface area contributed by atoms with Crippen LogP contribution in [0.3, 0.4) is 0 Å². The van der Waals surface area contributed by atoms with Crippen LogP contribution in [-0.4, -0.2) is 34.7 Å². The van der Waals surface area contributed by atoms with Gasteiger partial charge in [0, 0.05) is 20.0 Å². The van der Waals surface area contributed by atoms with Crippen LogP contribution in [0.5, 0.6) is 0 Å². The molecular weight excluding hydrogens is 182 g/mol. The van der Waals surface area contributed by atoms with Gasteiger partial charge in [-0.1, -0.05) is 0 Å². The number of amides is 1. The summed E-state index contributed by atoms with van der Waals surface area (Å²) in [5.74, 6) is -1.54. The Morgan fingerprint density at radius 1 is 1.50 bits per heavy atom. The Kier molecular flexibility index (Phi) is 7.98. The van der Waals surface area contributed by atoms with Gasteiger partial charge in [-0.3, -0.25) is 4.79 Å². The highest BCUT2D eigenvalue weighted by Crippen LogP contribution is 1.90. The Morgan fingerprint density at radius 3 is 2.25 bits per heavy atom. The maximum Gasteiger partial charge on any atom is 0.326 e. The molecule has 0 saturated carbocycles. The molecule has 0 rings (SSSR count). The van der Waals surface area contributed by atoms with Gasteiger partial charge in [0.25, 0.3) is 0 Å². The van der Waals surface area contributed by atoms with E-state index in [-0.39, 0.29) is 26.5 Å². The fourth-order valence-corrected chi connectivity index (χ4v) is 0.632. The molecule has 3 N–H and O–H groups in total. The van der Waals surface area contributed by atoms with E-state index in [2.05, 4.69) is 5.32 Å². The molecule has 0 fully saturated rings. The first-order chi connectivity index (χ1) is 5.07. The van der Waals surface area contributed by atoms with Gasteiger partial charge in [-0.15, -0.1) is 0 Å². The first-order valence-corrected chi connectivity index (χ1v) is 3.18. The Bertz CT molecular complexity index is 162. The maximum atomic E-state index is 10.4. The smallest absolute Gasteiger partial charge is 0.326 e. The van der Waals surface area contributed by atoms with Crippen LogP contribution in [0.1, 0.15) is 13.3 Å². The predicted octanol–water partition coefficient (Wildman–Crippen LogP) is -0.929. The molecule has 72 valence electrons. The monoisotopic (exact) mass is 195 g/mol. The summed E-state index contributed by atoms with van der Waals surface area (Å²) >= 11 is 0. The number of aliphatic carboxylic acids is 1. The number of hydrogen-bond acceptors (Lipinski definition) is 3. The molecule has 0 spiro atoms. The van der Waals surface area contributed by atoms with Gasteiger partial charge in [-0.25, -0.2) is 4.79 Å². The van der Waals surface area contributed by atoms with Crippen molar-refractivity contribution < 1.29 is 19.8 Å². The molecule has 0 aromatic heterocycles. The molecule has 5 nitrogen and oxygen atoms in total. The standard InChI is InChI=1S/C6H11NO4.H2S/c1-4(9)7-5(2-3-8)6(10)11;/h5,8H,2-3H2,1H3,(H,7,9)(H,10,11);1H2. The zero-order chi connectivity index (χ0) is 8.85. The summed E-state index contributed by atoms with van der Waals surface area (Å²) in [4.78, 5) is 20.7. The molecule has 0 aliphatic carbocycles. The predicted molar refractivity (Wildman–Crippen MR) is 47.3 cm³/mol. The van der Waals surface area contributed by atoms with Crippen LogP contribution in [0.15, 0.2) is 0 Å². The molecule has 12 heavy (non-hydrogen) atoms. The summed E-state index contributed by atoms with van der Waals surface area (Å²) in [6, 6.07) is -0.975. The lowest BCUT2D eigenvalue weighted by Gasteiger charge is -2.10. The van der Waals surface area contributed by atoms with E-state index >= 15 is 0 Å². The number of rotatable bonds is 4. The van der Waals surface area contributed by atoms with E-state index in [4.69, 9.17) is 10.2 Å². The van der Waals surface area contributed by atoms with Gasteiger partial charge in [0.2, 0.25) is 5.91 Å². The van der Waals surface area contributed by atoms with E-state index in [0.717, 1.165) is 0 Å². The summed E-state index contributed by atoms with van der Waals surface area (Å²) in [6.45, 7) is 0.977. The van der Waals surface area contributed by atoms with Crippen molar-refractivity contribution in [1.29, 1.82) is 0 Å². The Hall–Kier alpha value is -0.750. The lowest BCUT2D eigenvalue weighted by molar-refractivity contribution is -0.142. The number of carbonyl (C=O) groups excluding carboxylic acids is 1. The number of hydrogen-bond donors (Lipinski definition) is 3. The summed E-state index contributed by atoms with van der Waals surface area (Å²) in [6.07, 6.45) is 0.0366. The molecule has 6 heteroatoms. The summed E-state index contributed by atoms with van der Waals surface area (Å²) in [5, 5.41) is 19.0. The second-order valence-corrected chi connectivity index (χ2v) is 2.10. The largest absolute Gasteiger partial charge is 0.480 e. The summed E-state index contributed by atoms with van der Waals surface area (Å²) in [5.41, 5.74) is 0. The molecule has 0 heterocycles. The Balaban J connectivity index is 0. The summed E-state index contributed by atoms with van der Waals surface area (Å²) < 4.78 is 0. The molecule has 1 amide bonds. The second-order valence-electron chi connectivity index (χ2n) is 2.10. The maximum absolute atomic E-state index is 10.4. The normalized spacial score (nSPS) is 11.2. The van der Waals surface area contributed by atoms with Crippen molar-refractivity contribution in [1.82, 2.24) is 5.32 Å². The fraction of sp³-hybridized carbons (Fsp3) is 0.667. The van der Waals surface area contributed by atoms with Crippen LogP contribution in [0.2, 0.25) is 0 Å². The number of carboxylic acid groups (broad SMARTS) is 1. The minimum Gasteiger partial charge on any atom is -0.480 e. The van der Waals surface area contributed by atoms with E-state index in [1.807, 2.05) is 0 Å². The van der Waals surface area contributed by atoms with Crippen LogP contribution < -0.4 is 5.32 Å². The quantitative estimate of drug-likeness (QED) is 0.541. The zero-order valence-electron chi connectivity index (χ0n) is 6.70. The van der Waals surface area contributed by atoms with Crippen LogP contribution in [0, 0.1) is 0 Å². The zero-order valence-corrected chi connectivity index (χ0v) is 7.70. The lowest BCUT2D eigenvalue weighted by atomic mass is 10.2. The van der Waals surface area contributed by atoms with Crippen LogP contribution in [0.4, 0.5) is 0 Å².